The lowest BCUT2D eigenvalue weighted by Crippen LogP contribution is -2.46. The largest absolute Gasteiger partial charge is 0.462 e. The minimum absolute atomic E-state index is 0.0247. The van der Waals surface area contributed by atoms with Crippen molar-refractivity contribution in [1.29, 1.82) is 0 Å². The Hall–Kier alpha value is -3.22. The molecule has 6 nitrogen and oxygen atoms in total. The van der Waals surface area contributed by atoms with E-state index in [1.165, 1.54) is 109 Å². The van der Waals surface area contributed by atoms with E-state index in [2.05, 4.69) is 123 Å². The lowest BCUT2D eigenvalue weighted by atomic mass is 10.0. The van der Waals surface area contributed by atoms with Crippen LogP contribution in [-0.4, -0.2) is 46.9 Å². The van der Waals surface area contributed by atoms with E-state index in [0.717, 1.165) is 109 Å². The van der Waals surface area contributed by atoms with Crippen LogP contribution in [0.15, 0.2) is 97.2 Å². The molecule has 0 aromatic rings. The van der Waals surface area contributed by atoms with Crippen molar-refractivity contribution in [2.75, 3.05) is 6.61 Å². The van der Waals surface area contributed by atoms with Crippen molar-refractivity contribution in [1.82, 2.24) is 5.32 Å². The van der Waals surface area contributed by atoms with Gasteiger partial charge in [-0.3, -0.25) is 9.59 Å². The summed E-state index contributed by atoms with van der Waals surface area (Å²) in [7, 11) is 0. The third-order valence-corrected chi connectivity index (χ3v) is 12.6. The molecule has 0 saturated heterocycles. The Morgan fingerprint density at radius 2 is 0.797 bits per heavy atom. The van der Waals surface area contributed by atoms with Gasteiger partial charge in [-0.1, -0.05) is 246 Å². The number of aliphatic hydroxyl groups excluding tert-OH is 2. The lowest BCUT2D eigenvalue weighted by molar-refractivity contribution is -0.151. The predicted octanol–water partition coefficient (Wildman–Crippen LogP) is 18.1. The number of unbranched alkanes of at least 4 members (excludes halogenated alkanes) is 23. The summed E-state index contributed by atoms with van der Waals surface area (Å²) in [5.74, 6) is -0.557. The number of ether oxygens (including phenoxy) is 1. The molecule has 0 radical (unpaired) electrons. The van der Waals surface area contributed by atoms with Gasteiger partial charge in [-0.15, -0.1) is 0 Å². The summed E-state index contributed by atoms with van der Waals surface area (Å²) in [4.78, 5) is 26.3. The summed E-state index contributed by atoms with van der Waals surface area (Å²) in [6.07, 6.45) is 74.7. The molecule has 0 bridgehead atoms. The van der Waals surface area contributed by atoms with Crippen LogP contribution >= 0.6 is 0 Å². The third-order valence-electron chi connectivity index (χ3n) is 12.6. The summed E-state index contributed by atoms with van der Waals surface area (Å²) in [5, 5.41) is 23.9. The molecule has 0 aliphatic rings. The molecule has 396 valence electrons. The molecule has 0 aliphatic heterocycles. The molecule has 0 aliphatic carbocycles. The highest BCUT2D eigenvalue weighted by Crippen LogP contribution is 2.17. The van der Waals surface area contributed by atoms with E-state index < -0.39 is 18.2 Å². The molecule has 69 heavy (non-hydrogen) atoms. The molecule has 1 amide bonds. The zero-order chi connectivity index (χ0) is 50.2. The molecular formula is C63H109NO5. The maximum absolute atomic E-state index is 13.3. The molecule has 3 atom stereocenters. The zero-order valence-corrected chi connectivity index (χ0v) is 45.2. The minimum Gasteiger partial charge on any atom is -0.462 e. The van der Waals surface area contributed by atoms with Crippen LogP contribution in [0, 0.1) is 0 Å². The average molecular weight is 961 g/mol. The first-order valence-electron chi connectivity index (χ1n) is 29.0. The molecule has 0 aromatic heterocycles. The SMILES string of the molecule is CC/C=C\C/C=C\C/C=C\C/C=C\C/C=C\CCCC(CC(=O)NC(CO)C(O)CCCCCCCCCCCCCCCCCC)OC(=O)CCCCCC/C=C\C/C=C\C/C=C\CCCCC. The first-order valence-corrected chi connectivity index (χ1v) is 29.0. The number of nitrogens with one attached hydrogen (secondary N) is 1. The Morgan fingerprint density at radius 3 is 1.25 bits per heavy atom. The average Bonchev–Trinajstić information content (AvgIpc) is 3.34. The standard InChI is InChI=1S/C63H109NO5/c1-4-7-10-13-16-19-22-25-28-31-33-36-39-42-45-48-51-54-59(69-63(68)56-53-50-47-44-41-38-35-32-29-26-23-20-17-14-11-8-5-2)57-62(67)64-60(58-65)61(66)55-52-49-46-43-40-37-34-30-27-24-21-18-15-12-9-6-3/h7,10,16-17,19-20,25-26,28-29,33,35-36,38,42,45,59-61,65-66H,4-6,8-9,11-15,18,21-24,27,30-32,34,37,39-41,43-44,46-58H2,1-3H3,(H,64,67)/b10-7-,19-16-,20-17-,28-25-,29-26-,36-33-,38-35-,45-42-. The predicted molar refractivity (Wildman–Crippen MR) is 300 cm³/mol. The van der Waals surface area contributed by atoms with E-state index in [1.54, 1.807) is 0 Å². The second kappa shape index (κ2) is 55.7. The van der Waals surface area contributed by atoms with Crippen molar-refractivity contribution in [3.63, 3.8) is 0 Å². The molecule has 3 unspecified atom stereocenters. The van der Waals surface area contributed by atoms with Crippen molar-refractivity contribution in [2.24, 2.45) is 0 Å². The number of esters is 1. The Morgan fingerprint density at radius 1 is 0.435 bits per heavy atom. The summed E-state index contributed by atoms with van der Waals surface area (Å²) >= 11 is 0. The zero-order valence-electron chi connectivity index (χ0n) is 45.2. The Labute approximate surface area is 426 Å². The molecule has 0 fully saturated rings. The number of amides is 1. The van der Waals surface area contributed by atoms with Crippen molar-refractivity contribution >= 4 is 11.9 Å². The van der Waals surface area contributed by atoms with E-state index in [1.807, 2.05) is 0 Å². The Bertz CT molecular complexity index is 1350. The first-order chi connectivity index (χ1) is 34.0. The van der Waals surface area contributed by atoms with Gasteiger partial charge >= 0.3 is 5.97 Å². The Balaban J connectivity index is 4.71. The van der Waals surface area contributed by atoms with Gasteiger partial charge in [0.1, 0.15) is 6.10 Å². The highest BCUT2D eigenvalue weighted by Gasteiger charge is 2.24. The molecule has 0 saturated carbocycles. The van der Waals surface area contributed by atoms with E-state index in [9.17, 15) is 19.8 Å². The van der Waals surface area contributed by atoms with Gasteiger partial charge in [0.2, 0.25) is 5.91 Å². The molecule has 0 aromatic carbocycles. The Kier molecular flexibility index (Phi) is 53.1. The normalized spacial score (nSPS) is 13.9. The molecule has 6 heteroatoms. The molecule has 3 N–H and O–H groups in total. The number of aliphatic hydroxyl groups is 2. The van der Waals surface area contributed by atoms with Crippen LogP contribution in [0.3, 0.4) is 0 Å². The summed E-state index contributed by atoms with van der Waals surface area (Å²) in [6, 6.07) is -0.731. The van der Waals surface area contributed by atoms with Crippen LogP contribution < -0.4 is 5.32 Å². The number of hydrogen-bond acceptors (Lipinski definition) is 5. The van der Waals surface area contributed by atoms with Crippen molar-refractivity contribution < 1.29 is 24.5 Å². The van der Waals surface area contributed by atoms with Gasteiger partial charge in [0.25, 0.3) is 0 Å². The van der Waals surface area contributed by atoms with Gasteiger partial charge in [-0.05, 0) is 103 Å². The number of hydrogen-bond donors (Lipinski definition) is 3. The second-order valence-electron chi connectivity index (χ2n) is 19.3. The monoisotopic (exact) mass is 960 g/mol. The fourth-order valence-electron chi connectivity index (χ4n) is 8.29. The summed E-state index contributed by atoms with van der Waals surface area (Å²) in [6.45, 7) is 6.34. The smallest absolute Gasteiger partial charge is 0.306 e. The maximum Gasteiger partial charge on any atom is 0.306 e. The fraction of sp³-hybridized carbons (Fsp3) is 0.714. The van der Waals surface area contributed by atoms with Crippen LogP contribution in [-0.2, 0) is 14.3 Å². The van der Waals surface area contributed by atoms with Crippen LogP contribution in [0.4, 0.5) is 0 Å². The molecule has 0 spiro atoms. The fourth-order valence-corrected chi connectivity index (χ4v) is 8.29. The summed E-state index contributed by atoms with van der Waals surface area (Å²) in [5.41, 5.74) is 0. The van der Waals surface area contributed by atoms with Gasteiger partial charge in [-0.25, -0.2) is 0 Å². The van der Waals surface area contributed by atoms with Crippen LogP contribution in [0.1, 0.15) is 265 Å². The van der Waals surface area contributed by atoms with Crippen LogP contribution in [0.2, 0.25) is 0 Å². The minimum atomic E-state index is -0.813. The van der Waals surface area contributed by atoms with E-state index in [-0.39, 0.29) is 24.9 Å². The molecule has 0 rings (SSSR count). The van der Waals surface area contributed by atoms with Gasteiger partial charge < -0.3 is 20.3 Å². The highest BCUT2D eigenvalue weighted by molar-refractivity contribution is 5.77. The quantitative estimate of drug-likeness (QED) is 0.0321. The van der Waals surface area contributed by atoms with Crippen LogP contribution in [0.25, 0.3) is 0 Å². The lowest BCUT2D eigenvalue weighted by Gasteiger charge is -2.24. The van der Waals surface area contributed by atoms with Gasteiger partial charge in [0.15, 0.2) is 0 Å². The van der Waals surface area contributed by atoms with E-state index in [4.69, 9.17) is 4.74 Å². The van der Waals surface area contributed by atoms with E-state index >= 15 is 0 Å². The number of carbonyl (C=O) groups is 2. The van der Waals surface area contributed by atoms with Crippen molar-refractivity contribution in [3.8, 4) is 0 Å². The number of allylic oxidation sites excluding steroid dienone is 16. The van der Waals surface area contributed by atoms with Gasteiger partial charge in [0, 0.05) is 6.42 Å². The highest BCUT2D eigenvalue weighted by atomic mass is 16.5. The topological polar surface area (TPSA) is 95.9 Å². The number of carbonyl (C=O) groups excluding carboxylic acids is 2. The second-order valence-corrected chi connectivity index (χ2v) is 19.3. The molecular weight excluding hydrogens is 851 g/mol. The summed E-state index contributed by atoms with van der Waals surface area (Å²) < 4.78 is 5.92. The van der Waals surface area contributed by atoms with Crippen LogP contribution in [0.5, 0.6) is 0 Å². The van der Waals surface area contributed by atoms with Crippen molar-refractivity contribution in [3.05, 3.63) is 97.2 Å². The molecule has 0 heterocycles. The number of rotatable bonds is 51. The van der Waals surface area contributed by atoms with Crippen molar-refractivity contribution in [2.45, 2.75) is 283 Å². The third kappa shape index (κ3) is 51.0. The van der Waals surface area contributed by atoms with Gasteiger partial charge in [-0.2, -0.15) is 0 Å². The van der Waals surface area contributed by atoms with Gasteiger partial charge in [0.05, 0.1) is 25.2 Å². The maximum atomic E-state index is 13.3. The van der Waals surface area contributed by atoms with E-state index in [0.29, 0.717) is 19.3 Å². The first kappa shape index (κ1) is 65.8.